The Balaban J connectivity index is 1.75. The van der Waals surface area contributed by atoms with Gasteiger partial charge in [0.25, 0.3) is 0 Å². The van der Waals surface area contributed by atoms with Gasteiger partial charge in [-0.3, -0.25) is 13.6 Å². The Morgan fingerprint density at radius 2 is 1.77 bits per heavy atom. The van der Waals surface area contributed by atoms with Crippen LogP contribution in [0.15, 0.2) is 12.7 Å². The molecule has 2 unspecified atom stereocenters. The van der Waals surface area contributed by atoms with Gasteiger partial charge in [-0.15, -0.1) is 0 Å². The quantitative estimate of drug-likeness (QED) is 0.133. The number of fused-ring (bicyclic) bond motifs is 1. The Bertz CT molecular complexity index is 1170. The molecule has 6 atom stereocenters. The number of phosphoric ester groups is 1. The van der Waals surface area contributed by atoms with E-state index in [0.717, 1.165) is 6.33 Å². The normalized spacial score (nSPS) is 26.6. The molecule has 3 rings (SSSR count). The number of nitrogens with two attached hydrogens (primary N) is 1. The number of aliphatic hydroxyl groups excluding tert-OH is 2. The number of nitrogen functional groups attached to an aromatic ring is 1. The van der Waals surface area contributed by atoms with E-state index >= 15 is 0 Å². The standard InChI is InChI=1S/C13H22N5O14P3/c1-27-2-3-28-35(26,32-34(24,25)31-33(21,22)23)29-4-7-9(19)10(20)13(30-7)18-6-17-8-11(14)15-5-16-12(8)18/h5-7,9-10,13,19-20H,2-4H2,1H3,(H,24,25)(H2,14,15,16)(H2,21,22,23)/t7-,9-,10-,13-,35?/m1/s1. The molecule has 19 nitrogen and oxygen atoms in total. The zero-order valence-electron chi connectivity index (χ0n) is 17.7. The van der Waals surface area contributed by atoms with Gasteiger partial charge in [0.15, 0.2) is 17.7 Å². The van der Waals surface area contributed by atoms with Crippen LogP contribution in [-0.2, 0) is 40.8 Å². The van der Waals surface area contributed by atoms with E-state index in [2.05, 4.69) is 28.3 Å². The SMILES string of the molecule is COCCOP(=O)(OC[C@H]1O[C@@H](n2cnc3c(N)ncnc32)[C@H](O)[C@@H]1O)OP(=O)(O)OP(=O)(O)O. The first-order valence-electron chi connectivity index (χ1n) is 9.39. The zero-order chi connectivity index (χ0) is 26.0. The minimum absolute atomic E-state index is 0.0546. The van der Waals surface area contributed by atoms with Crippen LogP contribution in [0.4, 0.5) is 5.82 Å². The molecule has 0 amide bonds. The van der Waals surface area contributed by atoms with Crippen LogP contribution >= 0.6 is 23.5 Å². The number of rotatable bonds is 12. The number of methoxy groups -OCH3 is 1. The Morgan fingerprint density at radius 3 is 2.43 bits per heavy atom. The van der Waals surface area contributed by atoms with Gasteiger partial charge in [-0.1, -0.05) is 0 Å². The van der Waals surface area contributed by atoms with Crippen molar-refractivity contribution in [3.63, 3.8) is 0 Å². The third-order valence-electron chi connectivity index (χ3n) is 4.34. The summed E-state index contributed by atoms with van der Waals surface area (Å²) in [5.74, 6) is 0.0546. The van der Waals surface area contributed by atoms with E-state index in [1.807, 2.05) is 0 Å². The van der Waals surface area contributed by atoms with E-state index < -0.39 is 61.2 Å². The molecular formula is C13H22N5O14P3. The second-order valence-corrected chi connectivity index (χ2v) is 11.5. The fourth-order valence-corrected chi connectivity index (χ4v) is 6.46. The van der Waals surface area contributed by atoms with E-state index in [1.165, 1.54) is 18.0 Å². The molecule has 0 radical (unpaired) electrons. The molecule has 2 aromatic rings. The van der Waals surface area contributed by atoms with Crippen molar-refractivity contribution in [1.82, 2.24) is 19.5 Å². The molecule has 198 valence electrons. The molecule has 1 fully saturated rings. The third kappa shape index (κ3) is 7.09. The van der Waals surface area contributed by atoms with Crippen molar-refractivity contribution in [2.24, 2.45) is 0 Å². The molecule has 35 heavy (non-hydrogen) atoms. The maximum Gasteiger partial charge on any atom is 0.490 e. The van der Waals surface area contributed by atoms with Crippen LogP contribution in [0.3, 0.4) is 0 Å². The lowest BCUT2D eigenvalue weighted by Gasteiger charge is -2.22. The molecule has 22 heteroatoms. The fraction of sp³-hybridized carbons (Fsp3) is 0.615. The van der Waals surface area contributed by atoms with Gasteiger partial charge in [-0.25, -0.2) is 28.6 Å². The molecule has 2 aromatic heterocycles. The lowest BCUT2D eigenvalue weighted by molar-refractivity contribution is -0.0516. The largest absolute Gasteiger partial charge is 0.490 e. The summed E-state index contributed by atoms with van der Waals surface area (Å²) in [5, 5.41) is 20.8. The highest BCUT2D eigenvalue weighted by molar-refractivity contribution is 7.66. The molecule has 3 heterocycles. The topological polar surface area (TPSA) is 277 Å². The van der Waals surface area contributed by atoms with Gasteiger partial charge >= 0.3 is 23.5 Å². The van der Waals surface area contributed by atoms with Gasteiger partial charge in [-0.2, -0.15) is 8.62 Å². The van der Waals surface area contributed by atoms with Crippen molar-refractivity contribution in [3.05, 3.63) is 12.7 Å². The zero-order valence-corrected chi connectivity index (χ0v) is 20.4. The first-order chi connectivity index (χ1) is 16.3. The summed E-state index contributed by atoms with van der Waals surface area (Å²) >= 11 is 0. The molecule has 0 aliphatic carbocycles. The van der Waals surface area contributed by atoms with Crippen LogP contribution < -0.4 is 5.73 Å². The van der Waals surface area contributed by atoms with Gasteiger partial charge in [0.2, 0.25) is 0 Å². The molecular weight excluding hydrogens is 543 g/mol. The van der Waals surface area contributed by atoms with Gasteiger partial charge in [0.1, 0.15) is 30.2 Å². The highest BCUT2D eigenvalue weighted by atomic mass is 31.3. The van der Waals surface area contributed by atoms with Crippen LogP contribution in [0, 0.1) is 0 Å². The highest BCUT2D eigenvalue weighted by Gasteiger charge is 2.47. The Morgan fingerprint density at radius 1 is 1.06 bits per heavy atom. The monoisotopic (exact) mass is 565 g/mol. The minimum Gasteiger partial charge on any atom is -0.387 e. The number of nitrogens with zero attached hydrogens (tertiary/aromatic N) is 4. The summed E-state index contributed by atoms with van der Waals surface area (Å²) in [4.78, 5) is 38.8. The van der Waals surface area contributed by atoms with Gasteiger partial charge in [-0.05, 0) is 0 Å². The van der Waals surface area contributed by atoms with Crippen LogP contribution in [0.5, 0.6) is 0 Å². The maximum atomic E-state index is 12.8. The van der Waals surface area contributed by atoms with E-state index in [1.54, 1.807) is 0 Å². The smallest absolute Gasteiger partial charge is 0.387 e. The number of ether oxygens (including phenoxy) is 2. The number of anilines is 1. The molecule has 0 spiro atoms. The molecule has 7 N–H and O–H groups in total. The Labute approximate surface area is 196 Å². The Hall–Kier alpha value is -1.40. The summed E-state index contributed by atoms with van der Waals surface area (Å²) in [5.41, 5.74) is 6.09. The number of hydrogen-bond donors (Lipinski definition) is 6. The van der Waals surface area contributed by atoms with Gasteiger partial charge in [0.05, 0.1) is 26.1 Å². The average Bonchev–Trinajstić information content (AvgIpc) is 3.27. The minimum atomic E-state index is -5.66. The molecule has 0 aromatic carbocycles. The summed E-state index contributed by atoms with van der Waals surface area (Å²) in [7, 11) is -15.0. The third-order valence-corrected chi connectivity index (χ3v) is 8.61. The van der Waals surface area contributed by atoms with Crippen molar-refractivity contribution in [1.29, 1.82) is 0 Å². The first-order valence-corrected chi connectivity index (χ1v) is 13.9. The number of aliphatic hydroxyl groups is 2. The second-order valence-electron chi connectivity index (χ2n) is 6.82. The number of aromatic nitrogens is 4. The lowest BCUT2D eigenvalue weighted by atomic mass is 10.1. The van der Waals surface area contributed by atoms with Crippen LogP contribution in [0.2, 0.25) is 0 Å². The number of hydrogen-bond acceptors (Lipinski definition) is 15. The highest BCUT2D eigenvalue weighted by Crippen LogP contribution is 2.68. The van der Waals surface area contributed by atoms with Crippen molar-refractivity contribution >= 4 is 40.4 Å². The lowest BCUT2D eigenvalue weighted by Crippen LogP contribution is -2.33. The van der Waals surface area contributed by atoms with E-state index in [0.29, 0.717) is 0 Å². The van der Waals surface area contributed by atoms with E-state index in [4.69, 9.17) is 29.3 Å². The second kappa shape index (κ2) is 10.9. The van der Waals surface area contributed by atoms with Crippen molar-refractivity contribution in [3.8, 4) is 0 Å². The van der Waals surface area contributed by atoms with E-state index in [9.17, 15) is 28.8 Å². The predicted octanol–water partition coefficient (Wildman–Crippen LogP) is -0.958. The fourth-order valence-electron chi connectivity index (χ4n) is 2.91. The maximum absolute atomic E-state index is 12.8. The van der Waals surface area contributed by atoms with Crippen molar-refractivity contribution in [2.45, 2.75) is 24.5 Å². The van der Waals surface area contributed by atoms with Crippen LogP contribution in [-0.4, -0.2) is 89.7 Å². The average molecular weight is 565 g/mol. The van der Waals surface area contributed by atoms with Crippen LogP contribution in [0.25, 0.3) is 11.2 Å². The Kier molecular flexibility index (Phi) is 8.79. The van der Waals surface area contributed by atoms with Gasteiger partial charge < -0.3 is 40.1 Å². The van der Waals surface area contributed by atoms with Crippen LogP contribution in [0.1, 0.15) is 6.23 Å². The predicted molar refractivity (Wildman–Crippen MR) is 111 cm³/mol. The summed E-state index contributed by atoms with van der Waals surface area (Å²) < 4.78 is 64.6. The molecule has 1 saturated heterocycles. The summed E-state index contributed by atoms with van der Waals surface area (Å²) in [6.07, 6.45) is -3.52. The molecule has 1 aliphatic rings. The summed E-state index contributed by atoms with van der Waals surface area (Å²) in [6.45, 7) is -1.54. The number of phosphoric acid groups is 3. The molecule has 0 bridgehead atoms. The van der Waals surface area contributed by atoms with Crippen molar-refractivity contribution < 1.29 is 65.7 Å². The molecule has 1 aliphatic heterocycles. The number of imidazole rings is 1. The molecule has 0 saturated carbocycles. The van der Waals surface area contributed by atoms with E-state index in [-0.39, 0.29) is 23.6 Å². The van der Waals surface area contributed by atoms with Crippen molar-refractivity contribution in [2.75, 3.05) is 32.7 Å². The van der Waals surface area contributed by atoms with Gasteiger partial charge in [0, 0.05) is 7.11 Å². The first kappa shape index (κ1) is 28.2. The summed E-state index contributed by atoms with van der Waals surface area (Å²) in [6, 6.07) is 0.